The summed E-state index contributed by atoms with van der Waals surface area (Å²) in [5.74, 6) is 0.639. The highest BCUT2D eigenvalue weighted by atomic mass is 15.3. The molecule has 78 valence electrons. The van der Waals surface area contributed by atoms with Crippen molar-refractivity contribution in [1.29, 1.82) is 0 Å². The summed E-state index contributed by atoms with van der Waals surface area (Å²) in [6, 6.07) is 3.99. The highest BCUT2D eigenvalue weighted by Crippen LogP contribution is 2.10. The molecule has 0 atom stereocenters. The molecule has 2 rings (SSSR count). The van der Waals surface area contributed by atoms with Gasteiger partial charge >= 0.3 is 0 Å². The molecule has 0 radical (unpaired) electrons. The molecule has 0 aliphatic carbocycles. The predicted octanol–water partition coefficient (Wildman–Crippen LogP) is 2.37. The summed E-state index contributed by atoms with van der Waals surface area (Å²) in [4.78, 5) is 4.40. The zero-order valence-electron chi connectivity index (χ0n) is 9.15. The van der Waals surface area contributed by atoms with Gasteiger partial charge in [-0.3, -0.25) is 0 Å². The van der Waals surface area contributed by atoms with Gasteiger partial charge in [-0.05, 0) is 32.4 Å². The molecule has 0 saturated heterocycles. The van der Waals surface area contributed by atoms with Crippen molar-refractivity contribution in [3.8, 4) is 0 Å². The summed E-state index contributed by atoms with van der Waals surface area (Å²) in [6.45, 7) is 5.98. The highest BCUT2D eigenvalue weighted by Gasteiger charge is 2.04. The predicted molar refractivity (Wildman–Crippen MR) is 60.8 cm³/mol. The standard InChI is InChI=1S/C11H14N4/c1-4-9(3)12-11-13-10-8(2)6-5-7-15(10)14-11/h4-7H,1-3H3,(H,12,14)/b9-4+. The van der Waals surface area contributed by atoms with E-state index in [0.717, 1.165) is 16.9 Å². The maximum atomic E-state index is 4.40. The molecule has 4 heteroatoms. The number of aryl methyl sites for hydroxylation is 1. The van der Waals surface area contributed by atoms with Crippen LogP contribution in [0.3, 0.4) is 0 Å². The van der Waals surface area contributed by atoms with E-state index >= 15 is 0 Å². The van der Waals surface area contributed by atoms with Crippen LogP contribution < -0.4 is 5.32 Å². The van der Waals surface area contributed by atoms with Crippen LogP contribution in [0.25, 0.3) is 5.65 Å². The first kappa shape index (κ1) is 9.71. The van der Waals surface area contributed by atoms with E-state index in [1.807, 2.05) is 45.2 Å². The first-order valence-electron chi connectivity index (χ1n) is 4.92. The molecular weight excluding hydrogens is 188 g/mol. The smallest absolute Gasteiger partial charge is 0.247 e. The molecule has 2 aromatic rings. The number of rotatable bonds is 2. The summed E-state index contributed by atoms with van der Waals surface area (Å²) >= 11 is 0. The Kier molecular flexibility index (Phi) is 2.41. The van der Waals surface area contributed by atoms with Crippen molar-refractivity contribution in [3.05, 3.63) is 35.7 Å². The van der Waals surface area contributed by atoms with E-state index in [9.17, 15) is 0 Å². The van der Waals surface area contributed by atoms with E-state index in [1.165, 1.54) is 0 Å². The number of nitrogens with zero attached hydrogens (tertiary/aromatic N) is 3. The Hall–Kier alpha value is -1.84. The second-order valence-electron chi connectivity index (χ2n) is 3.49. The van der Waals surface area contributed by atoms with Crippen molar-refractivity contribution < 1.29 is 0 Å². The molecule has 0 bridgehead atoms. The quantitative estimate of drug-likeness (QED) is 0.813. The van der Waals surface area contributed by atoms with Crippen molar-refractivity contribution in [2.24, 2.45) is 0 Å². The minimum Gasteiger partial charge on any atom is -0.327 e. The lowest BCUT2D eigenvalue weighted by atomic mass is 10.3. The van der Waals surface area contributed by atoms with Gasteiger partial charge in [-0.1, -0.05) is 12.1 Å². The van der Waals surface area contributed by atoms with E-state index in [4.69, 9.17) is 0 Å². The third-order valence-corrected chi connectivity index (χ3v) is 2.30. The minimum atomic E-state index is 0.639. The van der Waals surface area contributed by atoms with Crippen LogP contribution in [0.4, 0.5) is 5.95 Å². The molecule has 2 heterocycles. The Morgan fingerprint density at radius 2 is 2.33 bits per heavy atom. The molecule has 1 N–H and O–H groups in total. The van der Waals surface area contributed by atoms with E-state index in [1.54, 1.807) is 4.52 Å². The largest absolute Gasteiger partial charge is 0.327 e. The van der Waals surface area contributed by atoms with Crippen LogP contribution >= 0.6 is 0 Å². The number of hydrogen-bond acceptors (Lipinski definition) is 3. The van der Waals surface area contributed by atoms with Crippen LogP contribution in [0.5, 0.6) is 0 Å². The van der Waals surface area contributed by atoms with Crippen molar-refractivity contribution >= 4 is 11.6 Å². The van der Waals surface area contributed by atoms with Gasteiger partial charge in [-0.15, -0.1) is 5.10 Å². The molecule has 0 spiro atoms. The van der Waals surface area contributed by atoms with Gasteiger partial charge in [0.05, 0.1) is 0 Å². The lowest BCUT2D eigenvalue weighted by molar-refractivity contribution is 0.957. The van der Waals surface area contributed by atoms with Gasteiger partial charge in [0.15, 0.2) is 5.65 Å². The molecule has 0 saturated carbocycles. The number of hydrogen-bond donors (Lipinski definition) is 1. The molecule has 0 aliphatic rings. The monoisotopic (exact) mass is 202 g/mol. The van der Waals surface area contributed by atoms with Crippen LogP contribution in [0.2, 0.25) is 0 Å². The number of fused-ring (bicyclic) bond motifs is 1. The summed E-state index contributed by atoms with van der Waals surface area (Å²) < 4.78 is 1.78. The number of aromatic nitrogens is 3. The number of allylic oxidation sites excluding steroid dienone is 2. The number of nitrogens with one attached hydrogen (secondary N) is 1. The second-order valence-corrected chi connectivity index (χ2v) is 3.49. The van der Waals surface area contributed by atoms with Gasteiger partial charge in [0.1, 0.15) is 0 Å². The molecule has 0 aromatic carbocycles. The first-order chi connectivity index (χ1) is 7.20. The minimum absolute atomic E-state index is 0.639. The molecule has 0 fully saturated rings. The van der Waals surface area contributed by atoms with Crippen LogP contribution in [0, 0.1) is 6.92 Å². The van der Waals surface area contributed by atoms with Gasteiger partial charge in [-0.25, -0.2) is 4.52 Å². The topological polar surface area (TPSA) is 42.2 Å². The van der Waals surface area contributed by atoms with Crippen molar-refractivity contribution in [2.75, 3.05) is 5.32 Å². The number of pyridine rings is 1. The van der Waals surface area contributed by atoms with Gasteiger partial charge in [-0.2, -0.15) is 4.98 Å². The fourth-order valence-electron chi connectivity index (χ4n) is 1.34. The Balaban J connectivity index is 2.43. The zero-order chi connectivity index (χ0) is 10.8. The molecule has 4 nitrogen and oxygen atoms in total. The van der Waals surface area contributed by atoms with Gasteiger partial charge in [0.2, 0.25) is 5.95 Å². The second kappa shape index (κ2) is 3.73. The average Bonchev–Trinajstić information content (AvgIpc) is 2.62. The van der Waals surface area contributed by atoms with Crippen molar-refractivity contribution in [1.82, 2.24) is 14.6 Å². The van der Waals surface area contributed by atoms with E-state index in [-0.39, 0.29) is 0 Å². The van der Waals surface area contributed by atoms with Gasteiger partial charge in [0.25, 0.3) is 0 Å². The Labute approximate surface area is 88.6 Å². The Bertz CT molecular complexity index is 510. The molecular formula is C11H14N4. The van der Waals surface area contributed by atoms with Crippen LogP contribution in [-0.4, -0.2) is 14.6 Å². The van der Waals surface area contributed by atoms with E-state index in [0.29, 0.717) is 5.95 Å². The fourth-order valence-corrected chi connectivity index (χ4v) is 1.34. The lowest BCUT2D eigenvalue weighted by Crippen LogP contribution is -1.96. The zero-order valence-corrected chi connectivity index (χ0v) is 9.15. The third-order valence-electron chi connectivity index (χ3n) is 2.30. The average molecular weight is 202 g/mol. The van der Waals surface area contributed by atoms with E-state index < -0.39 is 0 Å². The Morgan fingerprint density at radius 3 is 3.00 bits per heavy atom. The highest BCUT2D eigenvalue weighted by molar-refractivity contribution is 5.50. The summed E-state index contributed by atoms with van der Waals surface area (Å²) in [6.07, 6.45) is 3.88. The lowest BCUT2D eigenvalue weighted by Gasteiger charge is -1.97. The normalized spacial score (nSPS) is 12.1. The van der Waals surface area contributed by atoms with Crippen LogP contribution in [-0.2, 0) is 0 Å². The number of anilines is 1. The summed E-state index contributed by atoms with van der Waals surface area (Å²) in [5, 5.41) is 7.44. The maximum Gasteiger partial charge on any atom is 0.247 e. The van der Waals surface area contributed by atoms with Crippen molar-refractivity contribution in [3.63, 3.8) is 0 Å². The maximum absolute atomic E-state index is 4.40. The molecule has 0 unspecified atom stereocenters. The van der Waals surface area contributed by atoms with Crippen LogP contribution in [0.15, 0.2) is 30.1 Å². The molecule has 0 amide bonds. The SMILES string of the molecule is C/C=C(\C)Nc1nc2c(C)cccn2n1. The summed E-state index contributed by atoms with van der Waals surface area (Å²) in [7, 11) is 0. The van der Waals surface area contributed by atoms with Gasteiger partial charge < -0.3 is 5.32 Å². The van der Waals surface area contributed by atoms with Crippen LogP contribution in [0.1, 0.15) is 19.4 Å². The Morgan fingerprint density at radius 1 is 1.53 bits per heavy atom. The first-order valence-corrected chi connectivity index (χ1v) is 4.92. The molecule has 0 aliphatic heterocycles. The van der Waals surface area contributed by atoms with E-state index in [2.05, 4.69) is 15.4 Å². The summed E-state index contributed by atoms with van der Waals surface area (Å²) in [5.41, 5.74) is 3.06. The molecule has 2 aromatic heterocycles. The van der Waals surface area contributed by atoms with Gasteiger partial charge in [0, 0.05) is 11.9 Å². The fraction of sp³-hybridized carbons (Fsp3) is 0.273. The third kappa shape index (κ3) is 1.83. The molecule has 15 heavy (non-hydrogen) atoms. The van der Waals surface area contributed by atoms with Crippen molar-refractivity contribution in [2.45, 2.75) is 20.8 Å².